The second kappa shape index (κ2) is 7.43. The highest BCUT2D eigenvalue weighted by Gasteiger charge is 2.04. The Kier molecular flexibility index (Phi) is 5.32. The van der Waals surface area contributed by atoms with Crippen molar-refractivity contribution < 1.29 is 5.11 Å². The predicted octanol–water partition coefficient (Wildman–Crippen LogP) is 2.90. The molecule has 0 fully saturated rings. The average molecular weight is 278 g/mol. The summed E-state index contributed by atoms with van der Waals surface area (Å²) in [6.07, 6.45) is 2.34. The molecule has 3 heteroatoms. The van der Waals surface area contributed by atoms with Gasteiger partial charge in [-0.2, -0.15) is 0 Å². The highest BCUT2D eigenvalue weighted by Crippen LogP contribution is 2.11. The minimum Gasteiger partial charge on any atom is -0.381 e. The Hall–Kier alpha value is -2.36. The van der Waals surface area contributed by atoms with Crippen LogP contribution in [0, 0.1) is 23.7 Å². The number of benzene rings is 1. The number of aliphatic hydroxyl groups is 1. The van der Waals surface area contributed by atoms with Gasteiger partial charge < -0.3 is 5.11 Å². The summed E-state index contributed by atoms with van der Waals surface area (Å²) in [6, 6.07) is 7.64. The molecule has 0 saturated heterocycles. The molecule has 0 amide bonds. The molecule has 1 unspecified atom stereocenters. The van der Waals surface area contributed by atoms with Crippen LogP contribution >= 0.6 is 0 Å². The molecular formula is C18H18N2O. The third-order valence-corrected chi connectivity index (χ3v) is 2.83. The molecule has 3 nitrogen and oxygen atoms in total. The van der Waals surface area contributed by atoms with Crippen LogP contribution in [0.2, 0.25) is 0 Å². The van der Waals surface area contributed by atoms with Gasteiger partial charge in [0.15, 0.2) is 0 Å². The summed E-state index contributed by atoms with van der Waals surface area (Å²) in [5.41, 5.74) is 2.70. The first-order chi connectivity index (χ1) is 10.2. The number of hydrogen-bond acceptors (Lipinski definition) is 3. The predicted molar refractivity (Wildman–Crippen MR) is 84.5 cm³/mol. The van der Waals surface area contributed by atoms with Crippen molar-refractivity contribution in [3.63, 3.8) is 0 Å². The summed E-state index contributed by atoms with van der Waals surface area (Å²) in [5.74, 6) is 11.7. The van der Waals surface area contributed by atoms with Crippen molar-refractivity contribution in [2.75, 3.05) is 0 Å². The topological polar surface area (TPSA) is 46.0 Å². The minimum absolute atomic E-state index is 0.526. The van der Waals surface area contributed by atoms with Gasteiger partial charge in [-0.05, 0) is 37.3 Å². The maximum atomic E-state index is 9.31. The third-order valence-electron chi connectivity index (χ3n) is 2.83. The maximum Gasteiger partial charge on any atom is 0.148 e. The number of para-hydroxylation sites is 2. The van der Waals surface area contributed by atoms with E-state index >= 15 is 0 Å². The van der Waals surface area contributed by atoms with Gasteiger partial charge in [-0.25, -0.2) is 9.97 Å². The van der Waals surface area contributed by atoms with Crippen LogP contribution in [0.1, 0.15) is 44.5 Å². The lowest BCUT2D eigenvalue weighted by Gasteiger charge is -2.00. The molecule has 2 rings (SSSR count). The van der Waals surface area contributed by atoms with Gasteiger partial charge in [0.05, 0.1) is 11.0 Å². The number of aromatic nitrogens is 2. The number of nitrogens with zero attached hydrogens (tertiary/aromatic N) is 2. The highest BCUT2D eigenvalue weighted by molar-refractivity contribution is 5.75. The first-order valence-electron chi connectivity index (χ1n) is 7.16. The van der Waals surface area contributed by atoms with Crippen molar-refractivity contribution >= 4 is 11.0 Å². The van der Waals surface area contributed by atoms with E-state index in [1.54, 1.807) is 6.92 Å². The van der Waals surface area contributed by atoms with Crippen LogP contribution in [0.3, 0.4) is 0 Å². The van der Waals surface area contributed by atoms with Crippen molar-refractivity contribution in [3.8, 4) is 23.7 Å². The van der Waals surface area contributed by atoms with E-state index in [0.29, 0.717) is 11.4 Å². The Morgan fingerprint density at radius 2 is 1.71 bits per heavy atom. The van der Waals surface area contributed by atoms with Gasteiger partial charge in [-0.15, -0.1) is 0 Å². The highest BCUT2D eigenvalue weighted by atomic mass is 16.3. The Balaban J connectivity index is 2.46. The molecule has 21 heavy (non-hydrogen) atoms. The van der Waals surface area contributed by atoms with Gasteiger partial charge in [0.2, 0.25) is 0 Å². The largest absolute Gasteiger partial charge is 0.381 e. The summed E-state index contributed by atoms with van der Waals surface area (Å²) in [5, 5.41) is 9.31. The van der Waals surface area contributed by atoms with Crippen LogP contribution in [0.15, 0.2) is 24.3 Å². The number of rotatable bonds is 2. The molecular weight excluding hydrogens is 260 g/mol. The Morgan fingerprint density at radius 3 is 2.29 bits per heavy atom. The SMILES string of the molecule is CCCCC#Cc1nc2ccccc2nc1C#CC(C)O. The molecule has 1 aromatic heterocycles. The maximum absolute atomic E-state index is 9.31. The molecule has 1 atom stereocenters. The van der Waals surface area contributed by atoms with Crippen LogP contribution in [0.5, 0.6) is 0 Å². The molecule has 2 aromatic rings. The first-order valence-corrected chi connectivity index (χ1v) is 7.16. The van der Waals surface area contributed by atoms with Gasteiger partial charge in [0, 0.05) is 6.42 Å². The Bertz CT molecular complexity index is 742. The van der Waals surface area contributed by atoms with Gasteiger partial charge in [-0.1, -0.05) is 37.3 Å². The molecule has 0 radical (unpaired) electrons. The molecule has 106 valence electrons. The smallest absolute Gasteiger partial charge is 0.148 e. The molecule has 0 aliphatic rings. The standard InChI is InChI=1S/C18H18N2O/c1-3-4-5-6-9-17-18(13-12-14(2)21)20-16-11-8-7-10-15(16)19-17/h7-8,10-11,14,21H,3-5H2,1-2H3. The lowest BCUT2D eigenvalue weighted by Crippen LogP contribution is -1.98. The van der Waals surface area contributed by atoms with Gasteiger partial charge in [0.25, 0.3) is 0 Å². The summed E-state index contributed by atoms with van der Waals surface area (Å²) < 4.78 is 0. The van der Waals surface area contributed by atoms with Gasteiger partial charge in [-0.3, -0.25) is 0 Å². The zero-order valence-electron chi connectivity index (χ0n) is 12.3. The quantitative estimate of drug-likeness (QED) is 0.678. The Morgan fingerprint density at radius 1 is 1.10 bits per heavy atom. The fraction of sp³-hybridized carbons (Fsp3) is 0.333. The number of aliphatic hydroxyl groups excluding tert-OH is 1. The van der Waals surface area contributed by atoms with Crippen molar-refractivity contribution in [3.05, 3.63) is 35.7 Å². The minimum atomic E-state index is -0.695. The third kappa shape index (κ3) is 4.31. The monoisotopic (exact) mass is 278 g/mol. The van der Waals surface area contributed by atoms with Crippen LogP contribution in [0.4, 0.5) is 0 Å². The lowest BCUT2D eigenvalue weighted by atomic mass is 10.2. The lowest BCUT2D eigenvalue weighted by molar-refractivity contribution is 0.253. The van der Waals surface area contributed by atoms with E-state index in [1.807, 2.05) is 24.3 Å². The molecule has 0 bridgehead atoms. The van der Waals surface area contributed by atoms with E-state index in [4.69, 9.17) is 0 Å². The van der Waals surface area contributed by atoms with Crippen LogP contribution in [-0.2, 0) is 0 Å². The summed E-state index contributed by atoms with van der Waals surface area (Å²) in [7, 11) is 0. The first kappa shape index (κ1) is 15.0. The fourth-order valence-corrected chi connectivity index (χ4v) is 1.76. The van der Waals surface area contributed by atoms with E-state index in [2.05, 4.69) is 40.6 Å². The normalized spacial score (nSPS) is 11.2. The number of fused-ring (bicyclic) bond motifs is 1. The molecule has 0 aliphatic heterocycles. The van der Waals surface area contributed by atoms with E-state index in [1.165, 1.54) is 0 Å². The molecule has 1 heterocycles. The zero-order valence-corrected chi connectivity index (χ0v) is 12.3. The molecule has 0 aliphatic carbocycles. The Labute approximate surface area is 125 Å². The average Bonchev–Trinajstić information content (AvgIpc) is 2.49. The zero-order chi connectivity index (χ0) is 15.1. The second-order valence-electron chi connectivity index (χ2n) is 4.76. The summed E-state index contributed by atoms with van der Waals surface area (Å²) >= 11 is 0. The van der Waals surface area contributed by atoms with Crippen molar-refractivity contribution in [1.82, 2.24) is 9.97 Å². The van der Waals surface area contributed by atoms with Gasteiger partial charge >= 0.3 is 0 Å². The van der Waals surface area contributed by atoms with E-state index in [-0.39, 0.29) is 0 Å². The summed E-state index contributed by atoms with van der Waals surface area (Å²) in [6.45, 7) is 3.76. The fourth-order valence-electron chi connectivity index (χ4n) is 1.76. The van der Waals surface area contributed by atoms with E-state index < -0.39 is 6.10 Å². The number of hydrogen-bond donors (Lipinski definition) is 1. The van der Waals surface area contributed by atoms with Crippen molar-refractivity contribution in [2.45, 2.75) is 39.2 Å². The van der Waals surface area contributed by atoms with E-state index in [9.17, 15) is 5.11 Å². The van der Waals surface area contributed by atoms with Gasteiger partial charge in [0.1, 0.15) is 17.5 Å². The van der Waals surface area contributed by atoms with Crippen LogP contribution < -0.4 is 0 Å². The molecule has 0 saturated carbocycles. The molecule has 1 aromatic carbocycles. The van der Waals surface area contributed by atoms with E-state index in [0.717, 1.165) is 30.3 Å². The summed E-state index contributed by atoms with van der Waals surface area (Å²) in [4.78, 5) is 9.03. The molecule has 1 N–H and O–H groups in total. The number of unbranched alkanes of at least 4 members (excludes halogenated alkanes) is 2. The van der Waals surface area contributed by atoms with Crippen LogP contribution in [0.25, 0.3) is 11.0 Å². The van der Waals surface area contributed by atoms with Crippen molar-refractivity contribution in [2.24, 2.45) is 0 Å². The molecule has 0 spiro atoms. The van der Waals surface area contributed by atoms with Crippen LogP contribution in [-0.4, -0.2) is 21.2 Å². The van der Waals surface area contributed by atoms with Crippen molar-refractivity contribution in [1.29, 1.82) is 0 Å². The second-order valence-corrected chi connectivity index (χ2v) is 4.76.